The molecule has 0 unspecified atom stereocenters. The van der Waals surface area contributed by atoms with Gasteiger partial charge >= 0.3 is 5.97 Å². The topological polar surface area (TPSA) is 80.3 Å². The molecular weight excluding hydrogens is 222 g/mol. The van der Waals surface area contributed by atoms with Crippen LogP contribution in [0.25, 0.3) is 0 Å². The minimum Gasteiger partial charge on any atom is -0.465 e. The number of amides is 1. The smallest absolute Gasteiger partial charge is 0.325 e. The second-order valence-corrected chi connectivity index (χ2v) is 3.17. The fraction of sp³-hybridized carbons (Fsp3) is 0.364. The first kappa shape index (κ1) is 13.0. The molecule has 6 nitrogen and oxygen atoms in total. The highest BCUT2D eigenvalue weighted by atomic mass is 16.5. The number of ether oxygens (including phenoxy) is 1. The maximum Gasteiger partial charge on any atom is 0.325 e. The highest BCUT2D eigenvalue weighted by molar-refractivity contribution is 5.92. The van der Waals surface area contributed by atoms with E-state index < -0.39 is 0 Å². The largest absolute Gasteiger partial charge is 0.465 e. The van der Waals surface area contributed by atoms with Crippen LogP contribution in [0.1, 0.15) is 17.4 Å². The highest BCUT2D eigenvalue weighted by Crippen LogP contribution is 2.07. The van der Waals surface area contributed by atoms with Crippen LogP contribution in [-0.2, 0) is 9.53 Å². The van der Waals surface area contributed by atoms with Crippen molar-refractivity contribution in [3.63, 3.8) is 0 Å². The summed E-state index contributed by atoms with van der Waals surface area (Å²) in [6, 6.07) is 3.24. The van der Waals surface area contributed by atoms with Gasteiger partial charge < -0.3 is 15.4 Å². The predicted octanol–water partition coefficient (Wildman–Crippen LogP) is 0.416. The first-order valence-corrected chi connectivity index (χ1v) is 5.25. The molecule has 0 aromatic carbocycles. The maximum absolute atomic E-state index is 11.3. The SMILES string of the molecule is CCOC(=O)CNc1ccnc(C(=O)NC)c1. The Morgan fingerprint density at radius 3 is 2.88 bits per heavy atom. The van der Waals surface area contributed by atoms with E-state index in [9.17, 15) is 9.59 Å². The molecule has 0 aliphatic heterocycles. The number of rotatable bonds is 5. The van der Waals surface area contributed by atoms with E-state index in [1.165, 1.54) is 13.2 Å². The molecule has 1 aromatic rings. The van der Waals surface area contributed by atoms with Crippen LogP contribution in [0.5, 0.6) is 0 Å². The minimum atomic E-state index is -0.342. The molecule has 1 amide bonds. The zero-order chi connectivity index (χ0) is 12.7. The average Bonchev–Trinajstić information content (AvgIpc) is 2.36. The second kappa shape index (κ2) is 6.47. The van der Waals surface area contributed by atoms with Gasteiger partial charge in [0.2, 0.25) is 0 Å². The standard InChI is InChI=1S/C11H15N3O3/c1-3-17-10(15)7-14-8-4-5-13-9(6-8)11(16)12-2/h4-6H,3,7H2,1-2H3,(H,12,16)(H,13,14). The molecular formula is C11H15N3O3. The Kier molecular flexibility index (Phi) is 4.93. The predicted molar refractivity (Wildman–Crippen MR) is 62.7 cm³/mol. The summed E-state index contributed by atoms with van der Waals surface area (Å²) in [6.45, 7) is 2.15. The number of nitrogens with zero attached hydrogens (tertiary/aromatic N) is 1. The second-order valence-electron chi connectivity index (χ2n) is 3.17. The van der Waals surface area contributed by atoms with Crippen LogP contribution in [0.3, 0.4) is 0 Å². The van der Waals surface area contributed by atoms with Gasteiger partial charge in [-0.1, -0.05) is 0 Å². The number of hydrogen-bond donors (Lipinski definition) is 2. The highest BCUT2D eigenvalue weighted by Gasteiger charge is 2.06. The summed E-state index contributed by atoms with van der Waals surface area (Å²) in [7, 11) is 1.53. The third-order valence-corrected chi connectivity index (χ3v) is 1.96. The molecule has 6 heteroatoms. The van der Waals surface area contributed by atoms with Gasteiger partial charge in [0.25, 0.3) is 5.91 Å². The number of anilines is 1. The van der Waals surface area contributed by atoms with Crippen LogP contribution in [-0.4, -0.2) is 37.1 Å². The third kappa shape index (κ3) is 4.10. The number of pyridine rings is 1. The number of hydrogen-bond acceptors (Lipinski definition) is 5. The lowest BCUT2D eigenvalue weighted by Gasteiger charge is -2.06. The Morgan fingerprint density at radius 2 is 2.24 bits per heavy atom. The fourth-order valence-corrected chi connectivity index (χ4v) is 1.18. The quantitative estimate of drug-likeness (QED) is 0.725. The summed E-state index contributed by atoms with van der Waals surface area (Å²) in [6.07, 6.45) is 1.50. The van der Waals surface area contributed by atoms with Gasteiger partial charge in [0.1, 0.15) is 12.2 Å². The molecule has 0 saturated carbocycles. The van der Waals surface area contributed by atoms with Gasteiger partial charge in [-0.15, -0.1) is 0 Å². The van der Waals surface area contributed by atoms with Crippen LogP contribution in [0, 0.1) is 0 Å². The lowest BCUT2D eigenvalue weighted by Crippen LogP contribution is -2.20. The number of nitrogens with one attached hydrogen (secondary N) is 2. The number of aromatic nitrogens is 1. The molecule has 0 aliphatic carbocycles. The molecule has 0 saturated heterocycles. The van der Waals surface area contributed by atoms with Gasteiger partial charge in [0.05, 0.1) is 6.61 Å². The molecule has 2 N–H and O–H groups in total. The Morgan fingerprint density at radius 1 is 1.47 bits per heavy atom. The van der Waals surface area contributed by atoms with E-state index in [1.54, 1.807) is 19.1 Å². The molecule has 1 heterocycles. The number of esters is 1. The van der Waals surface area contributed by atoms with Crippen molar-refractivity contribution in [1.82, 2.24) is 10.3 Å². The molecule has 0 fully saturated rings. The summed E-state index contributed by atoms with van der Waals surface area (Å²) < 4.78 is 4.77. The fourth-order valence-electron chi connectivity index (χ4n) is 1.18. The van der Waals surface area contributed by atoms with E-state index in [4.69, 9.17) is 4.74 Å². The van der Waals surface area contributed by atoms with Gasteiger partial charge in [-0.3, -0.25) is 14.6 Å². The molecule has 92 valence electrons. The first-order chi connectivity index (χ1) is 8.17. The molecule has 0 atom stereocenters. The lowest BCUT2D eigenvalue weighted by molar-refractivity contribution is -0.140. The molecule has 17 heavy (non-hydrogen) atoms. The Labute approximate surface area is 99.4 Å². The van der Waals surface area contributed by atoms with Gasteiger partial charge in [0.15, 0.2) is 0 Å². The van der Waals surface area contributed by atoms with Crippen molar-refractivity contribution in [3.05, 3.63) is 24.0 Å². The molecule has 0 aliphatic rings. The van der Waals surface area contributed by atoms with E-state index in [0.717, 1.165) is 0 Å². The number of carbonyl (C=O) groups is 2. The summed E-state index contributed by atoms with van der Waals surface area (Å²) in [4.78, 5) is 26.3. The molecule has 1 rings (SSSR count). The molecule has 0 radical (unpaired) electrons. The van der Waals surface area contributed by atoms with Crippen molar-refractivity contribution in [2.24, 2.45) is 0 Å². The summed E-state index contributed by atoms with van der Waals surface area (Å²) >= 11 is 0. The van der Waals surface area contributed by atoms with E-state index in [2.05, 4.69) is 15.6 Å². The van der Waals surface area contributed by atoms with Gasteiger partial charge in [-0.25, -0.2) is 0 Å². The maximum atomic E-state index is 11.3. The van der Waals surface area contributed by atoms with Crippen LogP contribution in [0.2, 0.25) is 0 Å². The average molecular weight is 237 g/mol. The van der Waals surface area contributed by atoms with E-state index in [1.807, 2.05) is 0 Å². The number of carbonyl (C=O) groups excluding carboxylic acids is 2. The summed E-state index contributed by atoms with van der Waals surface area (Å²) in [5.41, 5.74) is 0.938. The third-order valence-electron chi connectivity index (χ3n) is 1.96. The van der Waals surface area contributed by atoms with Crippen molar-refractivity contribution in [2.75, 3.05) is 25.5 Å². The normalized spacial score (nSPS) is 9.53. The Hall–Kier alpha value is -2.11. The molecule has 0 spiro atoms. The lowest BCUT2D eigenvalue weighted by atomic mass is 10.3. The van der Waals surface area contributed by atoms with E-state index in [-0.39, 0.29) is 18.4 Å². The van der Waals surface area contributed by atoms with Crippen LogP contribution >= 0.6 is 0 Å². The monoisotopic (exact) mass is 237 g/mol. The van der Waals surface area contributed by atoms with Gasteiger partial charge in [0, 0.05) is 18.9 Å². The minimum absolute atomic E-state index is 0.0606. The van der Waals surface area contributed by atoms with Crippen molar-refractivity contribution in [1.29, 1.82) is 0 Å². The Bertz CT molecular complexity index is 407. The first-order valence-electron chi connectivity index (χ1n) is 5.25. The van der Waals surface area contributed by atoms with Crippen LogP contribution < -0.4 is 10.6 Å². The van der Waals surface area contributed by atoms with Crippen LogP contribution in [0.4, 0.5) is 5.69 Å². The van der Waals surface area contributed by atoms with Gasteiger partial charge in [-0.05, 0) is 19.1 Å². The van der Waals surface area contributed by atoms with E-state index in [0.29, 0.717) is 18.0 Å². The van der Waals surface area contributed by atoms with Gasteiger partial charge in [-0.2, -0.15) is 0 Å². The van der Waals surface area contributed by atoms with Crippen molar-refractivity contribution in [2.45, 2.75) is 6.92 Å². The van der Waals surface area contributed by atoms with Crippen molar-refractivity contribution in [3.8, 4) is 0 Å². The van der Waals surface area contributed by atoms with E-state index >= 15 is 0 Å². The van der Waals surface area contributed by atoms with Crippen LogP contribution in [0.15, 0.2) is 18.3 Å². The summed E-state index contributed by atoms with van der Waals surface area (Å²) in [5.74, 6) is -0.615. The zero-order valence-corrected chi connectivity index (χ0v) is 9.82. The molecule has 1 aromatic heterocycles. The molecule has 0 bridgehead atoms. The van der Waals surface area contributed by atoms with Crippen molar-refractivity contribution >= 4 is 17.6 Å². The zero-order valence-electron chi connectivity index (χ0n) is 9.82. The Balaban J connectivity index is 2.60. The summed E-state index contributed by atoms with van der Waals surface area (Å²) in [5, 5.41) is 5.33. The van der Waals surface area contributed by atoms with Crippen molar-refractivity contribution < 1.29 is 14.3 Å².